The second kappa shape index (κ2) is 8.34. The van der Waals surface area contributed by atoms with Crippen molar-refractivity contribution in [3.05, 3.63) is 83.3 Å². The molecule has 2 aromatic heterocycles. The Morgan fingerprint density at radius 3 is 2.73 bits per heavy atom. The lowest BCUT2D eigenvalue weighted by Crippen LogP contribution is -2.21. The van der Waals surface area contributed by atoms with Gasteiger partial charge in [-0.2, -0.15) is 0 Å². The molecule has 30 heavy (non-hydrogen) atoms. The Bertz CT molecular complexity index is 1240. The average molecular weight is 425 g/mol. The zero-order valence-electron chi connectivity index (χ0n) is 15.4. The number of nitrogens with one attached hydrogen (secondary N) is 1. The maximum atomic E-state index is 13.8. The van der Waals surface area contributed by atoms with Crippen LogP contribution in [0.1, 0.15) is 10.4 Å². The number of hydrogen-bond donors (Lipinski definition) is 1. The number of benzene rings is 2. The number of fused-ring (bicyclic) bond motifs is 1. The highest BCUT2D eigenvalue weighted by Crippen LogP contribution is 2.26. The summed E-state index contributed by atoms with van der Waals surface area (Å²) in [6, 6.07) is 15.8. The Kier molecular flexibility index (Phi) is 5.45. The van der Waals surface area contributed by atoms with Crippen molar-refractivity contribution in [1.29, 1.82) is 0 Å². The number of esters is 1. The summed E-state index contributed by atoms with van der Waals surface area (Å²) in [7, 11) is 0. The molecular formula is C22H14ClFN2O4. The molecule has 1 amide bonds. The van der Waals surface area contributed by atoms with E-state index in [4.69, 9.17) is 20.8 Å². The highest BCUT2D eigenvalue weighted by atomic mass is 35.5. The van der Waals surface area contributed by atoms with Gasteiger partial charge in [-0.1, -0.05) is 29.8 Å². The first-order valence-corrected chi connectivity index (χ1v) is 9.25. The predicted octanol–water partition coefficient (Wildman–Crippen LogP) is 5.08. The second-order valence-corrected chi connectivity index (χ2v) is 6.73. The smallest absolute Gasteiger partial charge is 0.339 e. The maximum Gasteiger partial charge on any atom is 0.339 e. The number of amides is 1. The largest absolute Gasteiger partial charge is 0.463 e. The summed E-state index contributed by atoms with van der Waals surface area (Å²) in [5, 5.41) is 3.16. The first kappa shape index (κ1) is 19.6. The van der Waals surface area contributed by atoms with Gasteiger partial charge >= 0.3 is 5.97 Å². The van der Waals surface area contributed by atoms with Crippen molar-refractivity contribution < 1.29 is 23.1 Å². The van der Waals surface area contributed by atoms with E-state index in [1.165, 1.54) is 24.5 Å². The molecule has 0 saturated heterocycles. The summed E-state index contributed by atoms with van der Waals surface area (Å²) >= 11 is 5.80. The number of carbonyl (C=O) groups excluding carboxylic acids is 2. The molecule has 1 N–H and O–H groups in total. The van der Waals surface area contributed by atoms with Gasteiger partial charge < -0.3 is 14.5 Å². The molecule has 0 aliphatic carbocycles. The standard InChI is InChI=1S/C22H14ClFN2O4/c23-13-7-8-16(24)18(10-13)26-21(27)12-30-22(28)15-11-19(20-6-3-9-29-20)25-17-5-2-1-4-14(15)17/h1-11H,12H2,(H,26,27). The molecule has 0 aliphatic rings. The van der Waals surface area contributed by atoms with E-state index in [0.29, 0.717) is 22.4 Å². The number of hydrogen-bond acceptors (Lipinski definition) is 5. The second-order valence-electron chi connectivity index (χ2n) is 6.30. The summed E-state index contributed by atoms with van der Waals surface area (Å²) in [5.41, 5.74) is 1.16. The number of rotatable bonds is 5. The summed E-state index contributed by atoms with van der Waals surface area (Å²) in [6.45, 7) is -0.600. The number of nitrogens with zero attached hydrogens (tertiary/aromatic N) is 1. The van der Waals surface area contributed by atoms with Gasteiger partial charge in [-0.25, -0.2) is 14.2 Å². The topological polar surface area (TPSA) is 81.4 Å². The molecule has 4 aromatic rings. The summed E-state index contributed by atoms with van der Waals surface area (Å²) in [5.74, 6) is -1.58. The van der Waals surface area contributed by atoms with Crippen LogP contribution < -0.4 is 5.32 Å². The van der Waals surface area contributed by atoms with Crippen molar-refractivity contribution in [2.24, 2.45) is 0 Å². The third kappa shape index (κ3) is 4.16. The molecule has 0 radical (unpaired) electrons. The van der Waals surface area contributed by atoms with E-state index < -0.39 is 24.3 Å². The van der Waals surface area contributed by atoms with Gasteiger partial charge in [-0.05, 0) is 42.5 Å². The van der Waals surface area contributed by atoms with Crippen LogP contribution in [0.5, 0.6) is 0 Å². The average Bonchev–Trinajstić information content (AvgIpc) is 3.29. The quantitative estimate of drug-likeness (QED) is 0.452. The fraction of sp³-hybridized carbons (Fsp3) is 0.0455. The lowest BCUT2D eigenvalue weighted by atomic mass is 10.1. The third-order valence-corrected chi connectivity index (χ3v) is 4.48. The lowest BCUT2D eigenvalue weighted by Gasteiger charge is -2.10. The molecule has 2 heterocycles. The van der Waals surface area contributed by atoms with Crippen LogP contribution in [0.15, 0.2) is 71.3 Å². The normalized spacial score (nSPS) is 10.7. The molecule has 0 atom stereocenters. The van der Waals surface area contributed by atoms with Gasteiger partial charge in [-0.15, -0.1) is 0 Å². The van der Waals surface area contributed by atoms with E-state index in [0.717, 1.165) is 6.07 Å². The van der Waals surface area contributed by atoms with E-state index >= 15 is 0 Å². The molecule has 0 bridgehead atoms. The fourth-order valence-corrected chi connectivity index (χ4v) is 3.06. The zero-order valence-corrected chi connectivity index (χ0v) is 16.2. The van der Waals surface area contributed by atoms with E-state index in [-0.39, 0.29) is 16.3 Å². The van der Waals surface area contributed by atoms with Gasteiger partial charge in [0, 0.05) is 10.4 Å². The fourth-order valence-electron chi connectivity index (χ4n) is 2.88. The number of pyridine rings is 1. The molecule has 150 valence electrons. The summed E-state index contributed by atoms with van der Waals surface area (Å²) in [4.78, 5) is 29.3. The molecule has 6 nitrogen and oxygen atoms in total. The zero-order chi connectivity index (χ0) is 21.1. The van der Waals surface area contributed by atoms with Crippen LogP contribution in [0.3, 0.4) is 0 Å². The van der Waals surface area contributed by atoms with Crippen LogP contribution in [0.25, 0.3) is 22.4 Å². The minimum Gasteiger partial charge on any atom is -0.463 e. The highest BCUT2D eigenvalue weighted by Gasteiger charge is 2.18. The predicted molar refractivity (Wildman–Crippen MR) is 110 cm³/mol. The van der Waals surface area contributed by atoms with Crippen LogP contribution in [-0.2, 0) is 9.53 Å². The van der Waals surface area contributed by atoms with Gasteiger partial charge in [0.25, 0.3) is 5.91 Å². The van der Waals surface area contributed by atoms with Crippen molar-refractivity contribution in [2.75, 3.05) is 11.9 Å². The van der Waals surface area contributed by atoms with Crippen molar-refractivity contribution in [1.82, 2.24) is 4.98 Å². The Hall–Kier alpha value is -3.71. The Balaban J connectivity index is 1.54. The van der Waals surface area contributed by atoms with Gasteiger partial charge in [0.15, 0.2) is 12.4 Å². The number of furan rings is 1. The van der Waals surface area contributed by atoms with Gasteiger partial charge in [0.2, 0.25) is 0 Å². The molecular weight excluding hydrogens is 411 g/mol. The minimum atomic E-state index is -0.719. The Morgan fingerprint density at radius 1 is 1.10 bits per heavy atom. The van der Waals surface area contributed by atoms with Crippen molar-refractivity contribution in [3.8, 4) is 11.5 Å². The molecule has 0 aliphatic heterocycles. The van der Waals surface area contributed by atoms with Crippen LogP contribution in [-0.4, -0.2) is 23.5 Å². The van der Waals surface area contributed by atoms with Crippen molar-refractivity contribution >= 4 is 40.1 Å². The van der Waals surface area contributed by atoms with E-state index in [9.17, 15) is 14.0 Å². The Labute approximate surface area is 175 Å². The van der Waals surface area contributed by atoms with Crippen LogP contribution in [0, 0.1) is 5.82 Å². The maximum absolute atomic E-state index is 13.8. The van der Waals surface area contributed by atoms with Crippen molar-refractivity contribution in [3.63, 3.8) is 0 Å². The third-order valence-electron chi connectivity index (χ3n) is 4.25. The first-order chi connectivity index (χ1) is 14.5. The molecule has 0 saturated carbocycles. The minimum absolute atomic E-state index is 0.0991. The Morgan fingerprint density at radius 2 is 1.93 bits per heavy atom. The highest BCUT2D eigenvalue weighted by molar-refractivity contribution is 6.30. The van der Waals surface area contributed by atoms with Crippen LogP contribution in [0.4, 0.5) is 10.1 Å². The number of aromatic nitrogens is 1. The summed E-state index contributed by atoms with van der Waals surface area (Å²) < 4.78 is 24.3. The number of anilines is 1. The first-order valence-electron chi connectivity index (χ1n) is 8.87. The lowest BCUT2D eigenvalue weighted by molar-refractivity contribution is -0.119. The van der Waals surface area contributed by atoms with Crippen LogP contribution >= 0.6 is 11.6 Å². The molecule has 0 unspecified atom stereocenters. The van der Waals surface area contributed by atoms with E-state index in [2.05, 4.69) is 10.3 Å². The monoisotopic (exact) mass is 424 g/mol. The number of carbonyl (C=O) groups is 2. The summed E-state index contributed by atoms with van der Waals surface area (Å²) in [6.07, 6.45) is 1.50. The van der Waals surface area contributed by atoms with Gasteiger partial charge in [0.1, 0.15) is 11.5 Å². The molecule has 0 spiro atoms. The SMILES string of the molecule is O=C(COC(=O)c1cc(-c2ccco2)nc2ccccc12)Nc1cc(Cl)ccc1F. The number of ether oxygens (including phenoxy) is 1. The molecule has 4 rings (SSSR count). The van der Waals surface area contributed by atoms with E-state index in [1.54, 1.807) is 36.4 Å². The number of para-hydroxylation sites is 1. The van der Waals surface area contributed by atoms with E-state index in [1.807, 2.05) is 0 Å². The molecule has 8 heteroatoms. The van der Waals surface area contributed by atoms with Gasteiger partial charge in [0.05, 0.1) is 23.0 Å². The van der Waals surface area contributed by atoms with Crippen molar-refractivity contribution in [2.45, 2.75) is 0 Å². The van der Waals surface area contributed by atoms with Gasteiger partial charge in [-0.3, -0.25) is 4.79 Å². The molecule has 2 aromatic carbocycles. The van der Waals surface area contributed by atoms with Crippen LogP contribution in [0.2, 0.25) is 5.02 Å². The number of halogens is 2. The molecule has 0 fully saturated rings.